The Labute approximate surface area is 183 Å². The molecule has 1 aliphatic heterocycles. The van der Waals surface area contributed by atoms with Crippen LogP contribution in [-0.4, -0.2) is 43.1 Å². The molecular weight excluding hydrogens is 392 g/mol. The zero-order chi connectivity index (χ0) is 22.2. The van der Waals surface area contributed by atoms with Crippen molar-refractivity contribution < 1.29 is 9.59 Å². The van der Waals surface area contributed by atoms with Gasteiger partial charge in [-0.1, -0.05) is 29.8 Å². The quantitative estimate of drug-likeness (QED) is 0.566. The molecule has 1 aromatic heterocycles. The van der Waals surface area contributed by atoms with E-state index in [2.05, 4.69) is 16.0 Å². The summed E-state index contributed by atoms with van der Waals surface area (Å²) in [7, 11) is 1.47. The fourth-order valence-corrected chi connectivity index (χ4v) is 4.05. The smallest absolute Gasteiger partial charge is 0.263 e. The molecule has 1 fully saturated rings. The monoisotopic (exact) mass is 424 g/mol. The highest BCUT2D eigenvalue weighted by Crippen LogP contribution is 2.17. The molecule has 0 unspecified atom stereocenters. The van der Waals surface area contributed by atoms with Gasteiger partial charge in [0.2, 0.25) is 0 Å². The highest BCUT2D eigenvalue weighted by molar-refractivity contribution is 5.99. The van der Waals surface area contributed by atoms with E-state index in [1.54, 1.807) is 6.20 Å². The van der Waals surface area contributed by atoms with E-state index in [1.165, 1.54) is 30.5 Å². The van der Waals surface area contributed by atoms with Gasteiger partial charge in [-0.2, -0.15) is 0 Å². The zero-order valence-electron chi connectivity index (χ0n) is 18.4. The first kappa shape index (κ1) is 22.7. The van der Waals surface area contributed by atoms with E-state index in [-0.39, 0.29) is 11.5 Å². The van der Waals surface area contributed by atoms with E-state index < -0.39 is 11.5 Å². The number of nitrogens with zero attached hydrogens (tertiary/aromatic N) is 1. The van der Waals surface area contributed by atoms with Gasteiger partial charge in [0.1, 0.15) is 5.56 Å². The van der Waals surface area contributed by atoms with Gasteiger partial charge >= 0.3 is 0 Å². The Morgan fingerprint density at radius 1 is 1.16 bits per heavy atom. The largest absolute Gasteiger partial charge is 0.355 e. The minimum Gasteiger partial charge on any atom is -0.355 e. The number of carbonyl (C=O) groups excluding carboxylic acids is 2. The molecule has 0 radical (unpaired) electrons. The van der Waals surface area contributed by atoms with Gasteiger partial charge in [-0.25, -0.2) is 0 Å². The lowest BCUT2D eigenvalue weighted by Crippen LogP contribution is -2.34. The summed E-state index contributed by atoms with van der Waals surface area (Å²) in [5.74, 6) is -0.0498. The Morgan fingerprint density at radius 2 is 1.94 bits per heavy atom. The molecule has 166 valence electrons. The predicted molar refractivity (Wildman–Crippen MR) is 122 cm³/mol. The van der Waals surface area contributed by atoms with Crippen molar-refractivity contribution in [2.45, 2.75) is 39.2 Å². The van der Waals surface area contributed by atoms with Crippen molar-refractivity contribution in [3.8, 4) is 0 Å². The Hall–Kier alpha value is -2.93. The number of benzene rings is 1. The number of carbonyl (C=O) groups is 2. The standard InChI is InChI=1S/C24H32N4O3/c1-17-5-3-6-19(13-17)15-28-16-20(14-21(24(28)31)23(30)25-2)22(29)27-10-4-7-18-8-11-26-12-9-18/h3,5-6,13-14,16,18,26H,4,7-12,15H2,1-2H3,(H,25,30)(H,27,29). The van der Waals surface area contributed by atoms with Crippen LogP contribution in [0.3, 0.4) is 0 Å². The van der Waals surface area contributed by atoms with Crippen LogP contribution >= 0.6 is 0 Å². The normalized spacial score (nSPS) is 14.3. The molecule has 2 heterocycles. The van der Waals surface area contributed by atoms with Crippen LogP contribution in [0.1, 0.15) is 57.5 Å². The molecular formula is C24H32N4O3. The van der Waals surface area contributed by atoms with Crippen LogP contribution in [-0.2, 0) is 6.54 Å². The second-order valence-corrected chi connectivity index (χ2v) is 8.24. The van der Waals surface area contributed by atoms with Crippen molar-refractivity contribution in [1.29, 1.82) is 0 Å². The predicted octanol–water partition coefficient (Wildman–Crippen LogP) is 2.07. The topological polar surface area (TPSA) is 92.2 Å². The van der Waals surface area contributed by atoms with E-state index in [0.717, 1.165) is 37.1 Å². The van der Waals surface area contributed by atoms with Crippen molar-refractivity contribution in [2.24, 2.45) is 5.92 Å². The number of hydrogen-bond donors (Lipinski definition) is 3. The molecule has 7 nitrogen and oxygen atoms in total. The first-order valence-corrected chi connectivity index (χ1v) is 11.0. The van der Waals surface area contributed by atoms with Crippen LogP contribution in [0.4, 0.5) is 0 Å². The van der Waals surface area contributed by atoms with Crippen LogP contribution in [0.5, 0.6) is 0 Å². The maximum Gasteiger partial charge on any atom is 0.263 e. The number of rotatable bonds is 8. The molecule has 0 saturated carbocycles. The summed E-state index contributed by atoms with van der Waals surface area (Å²) in [5.41, 5.74) is 1.89. The van der Waals surface area contributed by atoms with E-state index in [9.17, 15) is 14.4 Å². The Kier molecular flexibility index (Phi) is 8.00. The average Bonchev–Trinajstić information content (AvgIpc) is 2.78. The van der Waals surface area contributed by atoms with E-state index >= 15 is 0 Å². The van der Waals surface area contributed by atoms with Gasteiger partial charge in [0.05, 0.1) is 12.1 Å². The lowest BCUT2D eigenvalue weighted by molar-refractivity contribution is 0.0951. The van der Waals surface area contributed by atoms with Gasteiger partial charge in [0, 0.05) is 19.8 Å². The fourth-order valence-electron chi connectivity index (χ4n) is 4.05. The van der Waals surface area contributed by atoms with Gasteiger partial charge in [-0.15, -0.1) is 0 Å². The molecule has 1 saturated heterocycles. The first-order chi connectivity index (χ1) is 15.0. The van der Waals surface area contributed by atoms with Gasteiger partial charge < -0.3 is 20.5 Å². The molecule has 0 spiro atoms. The van der Waals surface area contributed by atoms with Crippen molar-refractivity contribution in [3.05, 3.63) is 69.1 Å². The number of hydrogen-bond acceptors (Lipinski definition) is 4. The lowest BCUT2D eigenvalue weighted by Gasteiger charge is -2.22. The zero-order valence-corrected chi connectivity index (χ0v) is 18.4. The molecule has 3 rings (SSSR count). The minimum atomic E-state index is -0.497. The van der Waals surface area contributed by atoms with Crippen molar-refractivity contribution in [3.63, 3.8) is 0 Å². The van der Waals surface area contributed by atoms with E-state index in [0.29, 0.717) is 24.6 Å². The highest BCUT2D eigenvalue weighted by Gasteiger charge is 2.17. The minimum absolute atomic E-state index is 0.0301. The molecule has 1 aliphatic rings. The summed E-state index contributed by atoms with van der Waals surface area (Å²) in [4.78, 5) is 37.8. The van der Waals surface area contributed by atoms with Gasteiger partial charge in [-0.3, -0.25) is 14.4 Å². The summed E-state index contributed by atoms with van der Waals surface area (Å²) in [6, 6.07) is 9.20. The second-order valence-electron chi connectivity index (χ2n) is 8.24. The summed E-state index contributed by atoms with van der Waals surface area (Å²) >= 11 is 0. The molecule has 0 bridgehead atoms. The van der Waals surface area contributed by atoms with Crippen LogP contribution in [0.15, 0.2) is 41.3 Å². The Bertz CT molecular complexity index is 977. The third-order valence-electron chi connectivity index (χ3n) is 5.79. The average molecular weight is 425 g/mol. The van der Waals surface area contributed by atoms with Gasteiger partial charge in [0.15, 0.2) is 0 Å². The highest BCUT2D eigenvalue weighted by atomic mass is 16.2. The molecule has 0 aliphatic carbocycles. The number of piperidine rings is 1. The second kappa shape index (κ2) is 10.9. The molecule has 31 heavy (non-hydrogen) atoms. The maximum atomic E-state index is 12.8. The molecule has 3 N–H and O–H groups in total. The maximum absolute atomic E-state index is 12.8. The fraction of sp³-hybridized carbons (Fsp3) is 0.458. The third-order valence-corrected chi connectivity index (χ3v) is 5.79. The number of amides is 2. The van der Waals surface area contributed by atoms with Gasteiger partial charge in [-0.05, 0) is 63.2 Å². The Balaban J connectivity index is 1.72. The van der Waals surface area contributed by atoms with E-state index in [1.807, 2.05) is 31.2 Å². The van der Waals surface area contributed by atoms with Crippen LogP contribution < -0.4 is 21.5 Å². The summed E-state index contributed by atoms with van der Waals surface area (Å²) < 4.78 is 1.43. The third kappa shape index (κ3) is 6.28. The molecule has 2 aromatic rings. The number of aryl methyl sites for hydroxylation is 1. The number of nitrogens with one attached hydrogen (secondary N) is 3. The summed E-state index contributed by atoms with van der Waals surface area (Å²) in [5, 5.41) is 8.79. The summed E-state index contributed by atoms with van der Waals surface area (Å²) in [6.07, 6.45) is 5.93. The van der Waals surface area contributed by atoms with Crippen molar-refractivity contribution in [2.75, 3.05) is 26.7 Å². The van der Waals surface area contributed by atoms with Crippen molar-refractivity contribution >= 4 is 11.8 Å². The number of pyridine rings is 1. The molecule has 1 aromatic carbocycles. The molecule has 7 heteroatoms. The SMILES string of the molecule is CNC(=O)c1cc(C(=O)NCCCC2CCNCC2)cn(Cc2cccc(C)c2)c1=O. The first-order valence-electron chi connectivity index (χ1n) is 11.0. The van der Waals surface area contributed by atoms with Crippen LogP contribution in [0.25, 0.3) is 0 Å². The number of aromatic nitrogens is 1. The van der Waals surface area contributed by atoms with Crippen molar-refractivity contribution in [1.82, 2.24) is 20.5 Å². The molecule has 2 amide bonds. The van der Waals surface area contributed by atoms with Crippen LogP contribution in [0, 0.1) is 12.8 Å². The lowest BCUT2D eigenvalue weighted by atomic mass is 9.93. The van der Waals surface area contributed by atoms with E-state index in [4.69, 9.17) is 0 Å². The summed E-state index contributed by atoms with van der Waals surface area (Å²) in [6.45, 7) is 5.00. The molecule has 0 atom stereocenters. The van der Waals surface area contributed by atoms with Crippen LogP contribution in [0.2, 0.25) is 0 Å². The Morgan fingerprint density at radius 3 is 2.65 bits per heavy atom. The van der Waals surface area contributed by atoms with Gasteiger partial charge in [0.25, 0.3) is 17.4 Å².